The summed E-state index contributed by atoms with van der Waals surface area (Å²) in [7, 11) is 0. The summed E-state index contributed by atoms with van der Waals surface area (Å²) in [6.45, 7) is 3.40. The quantitative estimate of drug-likeness (QED) is 0.715. The predicted molar refractivity (Wildman–Crippen MR) is 93.9 cm³/mol. The molecule has 1 saturated carbocycles. The van der Waals surface area contributed by atoms with Gasteiger partial charge in [0.1, 0.15) is 11.5 Å². The van der Waals surface area contributed by atoms with E-state index in [1.165, 1.54) is 12.1 Å². The lowest BCUT2D eigenvalue weighted by Gasteiger charge is -2.29. The van der Waals surface area contributed by atoms with Crippen molar-refractivity contribution in [3.63, 3.8) is 0 Å². The molecule has 4 nitrogen and oxygen atoms in total. The Balaban J connectivity index is 1.82. The van der Waals surface area contributed by atoms with Crippen molar-refractivity contribution in [3.05, 3.63) is 53.6 Å². The second-order valence-corrected chi connectivity index (χ2v) is 6.94. The Labute approximate surface area is 144 Å². The van der Waals surface area contributed by atoms with Crippen LogP contribution in [0.1, 0.15) is 28.9 Å². The minimum absolute atomic E-state index is 0.0745. The van der Waals surface area contributed by atoms with Crippen LogP contribution in [0.2, 0.25) is 0 Å². The third-order valence-electron chi connectivity index (χ3n) is 5.29. The zero-order valence-electron chi connectivity index (χ0n) is 14.0. The Bertz CT molecular complexity index is 1020. The van der Waals surface area contributed by atoms with Gasteiger partial charge in [0.25, 0.3) is 5.91 Å². The molecule has 1 aliphatic carbocycles. The summed E-state index contributed by atoms with van der Waals surface area (Å²) >= 11 is 0. The van der Waals surface area contributed by atoms with Gasteiger partial charge in [-0.1, -0.05) is 6.07 Å². The molecule has 1 fully saturated rings. The normalized spacial score (nSPS) is 17.2. The first-order chi connectivity index (χ1) is 12.1. The number of aromatic nitrogens is 2. The first-order valence-electron chi connectivity index (χ1n) is 8.70. The van der Waals surface area contributed by atoms with E-state index in [1.807, 2.05) is 24.0 Å². The van der Waals surface area contributed by atoms with E-state index >= 15 is 0 Å². The molecule has 2 aliphatic rings. The van der Waals surface area contributed by atoms with Crippen LogP contribution < -0.4 is 0 Å². The van der Waals surface area contributed by atoms with Gasteiger partial charge in [-0.2, -0.15) is 0 Å². The van der Waals surface area contributed by atoms with Crippen LogP contribution >= 0.6 is 0 Å². The van der Waals surface area contributed by atoms with Gasteiger partial charge in [0.15, 0.2) is 0 Å². The van der Waals surface area contributed by atoms with Crippen LogP contribution in [0, 0.1) is 12.7 Å². The summed E-state index contributed by atoms with van der Waals surface area (Å²) in [5.41, 5.74) is 5.02. The van der Waals surface area contributed by atoms with Crippen molar-refractivity contribution in [2.45, 2.75) is 32.4 Å². The first-order valence-corrected chi connectivity index (χ1v) is 8.70. The van der Waals surface area contributed by atoms with Gasteiger partial charge in [-0.05, 0) is 55.2 Å². The highest BCUT2D eigenvalue weighted by Gasteiger charge is 2.39. The Kier molecular flexibility index (Phi) is 3.02. The number of carbonyl (C=O) groups is 1. The number of aryl methyl sites for hydroxylation is 1. The zero-order chi connectivity index (χ0) is 17.1. The Morgan fingerprint density at radius 1 is 1.20 bits per heavy atom. The number of hydrogen-bond acceptors (Lipinski definition) is 2. The van der Waals surface area contributed by atoms with E-state index < -0.39 is 0 Å². The summed E-state index contributed by atoms with van der Waals surface area (Å²) in [4.78, 5) is 19.8. The highest BCUT2D eigenvalue weighted by atomic mass is 19.1. The van der Waals surface area contributed by atoms with Crippen LogP contribution in [0.15, 0.2) is 36.5 Å². The molecule has 0 saturated heterocycles. The van der Waals surface area contributed by atoms with E-state index in [-0.39, 0.29) is 11.7 Å². The van der Waals surface area contributed by atoms with Gasteiger partial charge in [0.05, 0.1) is 11.0 Å². The molecule has 0 atom stereocenters. The molecule has 0 N–H and O–H groups in total. The van der Waals surface area contributed by atoms with E-state index in [1.54, 1.807) is 12.3 Å². The molecular formula is C20H18FN3O. The van der Waals surface area contributed by atoms with Gasteiger partial charge in [0, 0.05) is 30.9 Å². The van der Waals surface area contributed by atoms with E-state index in [0.717, 1.165) is 53.7 Å². The molecular weight excluding hydrogens is 317 g/mol. The molecule has 5 heteroatoms. The molecule has 1 amide bonds. The monoisotopic (exact) mass is 335 g/mol. The fourth-order valence-corrected chi connectivity index (χ4v) is 3.97. The number of benzene rings is 1. The summed E-state index contributed by atoms with van der Waals surface area (Å²) in [5, 5.41) is 0. The first kappa shape index (κ1) is 14.6. The van der Waals surface area contributed by atoms with E-state index in [4.69, 9.17) is 0 Å². The number of pyridine rings is 1. The summed E-state index contributed by atoms with van der Waals surface area (Å²) in [5.74, 6) is -0.192. The highest BCUT2D eigenvalue weighted by Crippen LogP contribution is 2.40. The maximum Gasteiger partial charge on any atom is 0.271 e. The van der Waals surface area contributed by atoms with E-state index in [9.17, 15) is 9.18 Å². The molecule has 5 rings (SSSR count). The summed E-state index contributed by atoms with van der Waals surface area (Å²) < 4.78 is 15.7. The minimum atomic E-state index is -0.266. The average Bonchev–Trinajstić information content (AvgIpc) is 3.38. The molecule has 25 heavy (non-hydrogen) atoms. The van der Waals surface area contributed by atoms with Crippen LogP contribution in [0.4, 0.5) is 4.39 Å². The second-order valence-electron chi connectivity index (χ2n) is 6.94. The molecule has 1 aliphatic heterocycles. The van der Waals surface area contributed by atoms with Gasteiger partial charge in [0.2, 0.25) is 0 Å². The lowest BCUT2D eigenvalue weighted by molar-refractivity contribution is 0.0694. The lowest BCUT2D eigenvalue weighted by atomic mass is 9.98. The lowest BCUT2D eigenvalue weighted by Crippen LogP contribution is -2.41. The van der Waals surface area contributed by atoms with Crippen molar-refractivity contribution in [2.24, 2.45) is 0 Å². The number of carbonyl (C=O) groups excluding carboxylic acids is 1. The van der Waals surface area contributed by atoms with Crippen molar-refractivity contribution in [3.8, 4) is 11.1 Å². The number of halogens is 1. The number of nitrogens with zero attached hydrogens (tertiary/aromatic N) is 3. The van der Waals surface area contributed by atoms with Gasteiger partial charge in [-0.25, -0.2) is 4.39 Å². The molecule has 1 aromatic carbocycles. The highest BCUT2D eigenvalue weighted by molar-refractivity contribution is 6.10. The summed E-state index contributed by atoms with van der Waals surface area (Å²) in [6, 6.07) is 9.02. The van der Waals surface area contributed by atoms with Crippen molar-refractivity contribution >= 4 is 16.9 Å². The van der Waals surface area contributed by atoms with Crippen molar-refractivity contribution in [1.29, 1.82) is 0 Å². The molecule has 0 unspecified atom stereocenters. The fourth-order valence-electron chi connectivity index (χ4n) is 3.97. The smallest absolute Gasteiger partial charge is 0.271 e. The van der Waals surface area contributed by atoms with Crippen molar-refractivity contribution in [1.82, 2.24) is 14.5 Å². The standard InChI is InChI=1S/C20H18FN3O/c1-12-11-13(21)4-7-15(12)17-18-16(3-2-8-22-18)24-10-9-23(14-5-6-14)20(25)19(17)24/h2-4,7-8,11,14H,5-6,9-10H2,1H3. The fraction of sp³-hybridized carbons (Fsp3) is 0.300. The number of rotatable bonds is 2. The Morgan fingerprint density at radius 2 is 2.04 bits per heavy atom. The SMILES string of the molecule is Cc1cc(F)ccc1-c1c2n(c3cccnc13)CCN(C1CC1)C2=O. The van der Waals surface area contributed by atoms with Gasteiger partial charge in [-0.3, -0.25) is 9.78 Å². The van der Waals surface area contributed by atoms with Gasteiger partial charge in [-0.15, -0.1) is 0 Å². The molecule has 126 valence electrons. The maximum absolute atomic E-state index is 13.6. The topological polar surface area (TPSA) is 38.1 Å². The third-order valence-corrected chi connectivity index (χ3v) is 5.29. The van der Waals surface area contributed by atoms with E-state index in [0.29, 0.717) is 11.7 Å². The van der Waals surface area contributed by atoms with Crippen LogP contribution in [-0.2, 0) is 6.54 Å². The van der Waals surface area contributed by atoms with Crippen molar-refractivity contribution < 1.29 is 9.18 Å². The molecule has 2 aromatic heterocycles. The molecule has 3 heterocycles. The number of amides is 1. The molecule has 0 radical (unpaired) electrons. The van der Waals surface area contributed by atoms with Gasteiger partial charge < -0.3 is 9.47 Å². The largest absolute Gasteiger partial charge is 0.333 e. The maximum atomic E-state index is 13.6. The predicted octanol–water partition coefficient (Wildman–Crippen LogP) is 3.77. The van der Waals surface area contributed by atoms with E-state index in [2.05, 4.69) is 9.55 Å². The van der Waals surface area contributed by atoms with Crippen LogP contribution in [0.3, 0.4) is 0 Å². The van der Waals surface area contributed by atoms with Crippen LogP contribution in [0.25, 0.3) is 22.2 Å². The Hall–Kier alpha value is -2.69. The third kappa shape index (κ3) is 2.11. The minimum Gasteiger partial charge on any atom is -0.333 e. The van der Waals surface area contributed by atoms with Gasteiger partial charge >= 0.3 is 0 Å². The molecule has 0 spiro atoms. The molecule has 0 bridgehead atoms. The number of hydrogen-bond donors (Lipinski definition) is 0. The Morgan fingerprint density at radius 3 is 2.80 bits per heavy atom. The van der Waals surface area contributed by atoms with Crippen molar-refractivity contribution in [2.75, 3.05) is 6.54 Å². The average molecular weight is 335 g/mol. The zero-order valence-corrected chi connectivity index (χ0v) is 14.0. The second kappa shape index (κ2) is 5.15. The van der Waals surface area contributed by atoms with Crippen LogP contribution in [-0.4, -0.2) is 32.9 Å². The summed E-state index contributed by atoms with van der Waals surface area (Å²) in [6.07, 6.45) is 3.93. The molecule has 3 aromatic rings. The number of fused-ring (bicyclic) bond motifs is 3. The van der Waals surface area contributed by atoms with Crippen LogP contribution in [0.5, 0.6) is 0 Å².